The normalized spacial score (nSPS) is 23.5. The molecule has 0 saturated carbocycles. The van der Waals surface area contributed by atoms with E-state index in [4.69, 9.17) is 9.84 Å². The molecule has 1 saturated heterocycles. The number of morpholine rings is 1. The summed E-state index contributed by atoms with van der Waals surface area (Å²) in [6.45, 7) is 3.76. The number of nitrogens with zero attached hydrogens (tertiary/aromatic N) is 1. The Bertz CT molecular complexity index is 514. The number of ether oxygens (including phenoxy) is 1. The molecule has 19 heavy (non-hydrogen) atoms. The van der Waals surface area contributed by atoms with Crippen LogP contribution in [-0.4, -0.2) is 40.6 Å². The molecule has 102 valence electrons. The van der Waals surface area contributed by atoms with Crippen LogP contribution in [0.2, 0.25) is 0 Å². The molecule has 1 aromatic rings. The second-order valence-electron chi connectivity index (χ2n) is 5.06. The van der Waals surface area contributed by atoms with E-state index in [0.717, 1.165) is 11.1 Å². The molecule has 0 aliphatic carbocycles. The van der Waals surface area contributed by atoms with Gasteiger partial charge in [0.2, 0.25) is 5.91 Å². The molecule has 0 bridgehead atoms. The maximum atomic E-state index is 11.8. The van der Waals surface area contributed by atoms with E-state index in [1.54, 1.807) is 0 Å². The molecule has 1 N–H and O–H groups in total. The Kier molecular flexibility index (Phi) is 3.57. The average molecular weight is 263 g/mol. The Morgan fingerprint density at radius 2 is 2.26 bits per heavy atom. The summed E-state index contributed by atoms with van der Waals surface area (Å²) in [5.41, 5.74) is 0.778. The second-order valence-corrected chi connectivity index (χ2v) is 5.06. The largest absolute Gasteiger partial charge is 0.479 e. The highest BCUT2D eigenvalue weighted by molar-refractivity contribution is 5.83. The van der Waals surface area contributed by atoms with Crippen LogP contribution in [0, 0.1) is 6.92 Å². The van der Waals surface area contributed by atoms with Crippen molar-refractivity contribution in [2.24, 2.45) is 0 Å². The van der Waals surface area contributed by atoms with Crippen molar-refractivity contribution in [3.63, 3.8) is 0 Å². The Labute approximate surface area is 111 Å². The summed E-state index contributed by atoms with van der Waals surface area (Å²) in [4.78, 5) is 24.5. The van der Waals surface area contributed by atoms with E-state index in [0.29, 0.717) is 6.54 Å². The fraction of sp³-hybridized carbons (Fsp3) is 0.429. The van der Waals surface area contributed by atoms with Crippen LogP contribution in [0.25, 0.3) is 0 Å². The van der Waals surface area contributed by atoms with E-state index in [-0.39, 0.29) is 19.1 Å². The lowest BCUT2D eigenvalue weighted by Gasteiger charge is -2.37. The highest BCUT2D eigenvalue weighted by Gasteiger charge is 2.42. The lowest BCUT2D eigenvalue weighted by atomic mass is 10.0. The molecule has 1 aliphatic heterocycles. The maximum Gasteiger partial charge on any atom is 0.337 e. The molecule has 5 heteroatoms. The van der Waals surface area contributed by atoms with Crippen molar-refractivity contribution >= 4 is 11.9 Å². The Morgan fingerprint density at radius 3 is 2.89 bits per heavy atom. The van der Waals surface area contributed by atoms with E-state index in [9.17, 15) is 9.59 Å². The summed E-state index contributed by atoms with van der Waals surface area (Å²) in [7, 11) is 0. The van der Waals surface area contributed by atoms with Gasteiger partial charge in [0.25, 0.3) is 0 Å². The third kappa shape index (κ3) is 2.93. The van der Waals surface area contributed by atoms with Crippen LogP contribution in [0.3, 0.4) is 0 Å². The zero-order valence-electron chi connectivity index (χ0n) is 11.0. The van der Waals surface area contributed by atoms with Crippen molar-refractivity contribution in [2.75, 3.05) is 13.2 Å². The molecule has 1 unspecified atom stereocenters. The predicted octanol–water partition coefficient (Wildman–Crippen LogP) is 1.20. The smallest absolute Gasteiger partial charge is 0.337 e. The van der Waals surface area contributed by atoms with E-state index < -0.39 is 11.6 Å². The minimum atomic E-state index is -1.32. The zero-order valence-corrected chi connectivity index (χ0v) is 11.0. The van der Waals surface area contributed by atoms with Crippen LogP contribution in [0.1, 0.15) is 18.1 Å². The highest BCUT2D eigenvalue weighted by atomic mass is 16.5. The van der Waals surface area contributed by atoms with Gasteiger partial charge in [-0.2, -0.15) is 0 Å². The lowest BCUT2D eigenvalue weighted by molar-refractivity contribution is -0.182. The second kappa shape index (κ2) is 5.01. The monoisotopic (exact) mass is 263 g/mol. The highest BCUT2D eigenvalue weighted by Crippen LogP contribution is 2.20. The van der Waals surface area contributed by atoms with Crippen molar-refractivity contribution in [3.8, 4) is 0 Å². The number of hydrogen-bond donors (Lipinski definition) is 1. The SMILES string of the molecule is Cc1cccc(CN2CC(C)(C(=O)O)OCC2=O)c1. The molecule has 1 aliphatic rings. The third-order valence-corrected chi connectivity index (χ3v) is 3.27. The summed E-state index contributed by atoms with van der Waals surface area (Å²) in [5, 5.41) is 9.15. The molecule has 0 aromatic heterocycles. The first kappa shape index (κ1) is 13.5. The van der Waals surface area contributed by atoms with Crippen LogP contribution in [-0.2, 0) is 20.9 Å². The number of rotatable bonds is 3. The number of aliphatic carboxylic acids is 1. The van der Waals surface area contributed by atoms with Gasteiger partial charge in [0.1, 0.15) is 6.61 Å². The summed E-state index contributed by atoms with van der Waals surface area (Å²) in [5.74, 6) is -1.23. The molecule has 0 radical (unpaired) electrons. The van der Waals surface area contributed by atoms with Gasteiger partial charge in [-0.15, -0.1) is 0 Å². The summed E-state index contributed by atoms with van der Waals surface area (Å²) in [6, 6.07) is 7.81. The molecule has 1 aromatic carbocycles. The van der Waals surface area contributed by atoms with Gasteiger partial charge in [-0.05, 0) is 19.4 Å². The van der Waals surface area contributed by atoms with Crippen LogP contribution in [0.15, 0.2) is 24.3 Å². The molecular weight excluding hydrogens is 246 g/mol. The Morgan fingerprint density at radius 1 is 1.53 bits per heavy atom. The van der Waals surface area contributed by atoms with Crippen molar-refractivity contribution < 1.29 is 19.4 Å². The number of carbonyl (C=O) groups is 2. The molecule has 5 nitrogen and oxygen atoms in total. The van der Waals surface area contributed by atoms with Crippen LogP contribution >= 0.6 is 0 Å². The van der Waals surface area contributed by atoms with Crippen LogP contribution < -0.4 is 0 Å². The first-order valence-corrected chi connectivity index (χ1v) is 6.11. The van der Waals surface area contributed by atoms with Gasteiger partial charge in [-0.1, -0.05) is 29.8 Å². The molecule has 1 heterocycles. The zero-order chi connectivity index (χ0) is 14.0. The first-order valence-electron chi connectivity index (χ1n) is 6.11. The number of amides is 1. The predicted molar refractivity (Wildman–Crippen MR) is 68.6 cm³/mol. The fourth-order valence-corrected chi connectivity index (χ4v) is 2.11. The number of aryl methyl sites for hydroxylation is 1. The number of benzene rings is 1. The number of carboxylic acids is 1. The molecule has 1 atom stereocenters. The molecular formula is C14H17NO4. The topological polar surface area (TPSA) is 66.8 Å². The molecule has 2 rings (SSSR count). The van der Waals surface area contributed by atoms with E-state index in [1.807, 2.05) is 31.2 Å². The van der Waals surface area contributed by atoms with Crippen LogP contribution in [0.5, 0.6) is 0 Å². The van der Waals surface area contributed by atoms with Crippen molar-refractivity contribution in [2.45, 2.75) is 26.0 Å². The maximum absolute atomic E-state index is 11.8. The van der Waals surface area contributed by atoms with Gasteiger partial charge in [0, 0.05) is 6.54 Å². The summed E-state index contributed by atoms with van der Waals surface area (Å²) in [6.07, 6.45) is 0. The minimum Gasteiger partial charge on any atom is -0.479 e. The van der Waals surface area contributed by atoms with Gasteiger partial charge >= 0.3 is 5.97 Å². The van der Waals surface area contributed by atoms with Crippen molar-refractivity contribution in [1.82, 2.24) is 4.90 Å². The van der Waals surface area contributed by atoms with Gasteiger partial charge in [0.15, 0.2) is 5.60 Å². The molecule has 0 spiro atoms. The third-order valence-electron chi connectivity index (χ3n) is 3.27. The van der Waals surface area contributed by atoms with Crippen molar-refractivity contribution in [3.05, 3.63) is 35.4 Å². The molecule has 1 amide bonds. The van der Waals surface area contributed by atoms with Crippen molar-refractivity contribution in [1.29, 1.82) is 0 Å². The van der Waals surface area contributed by atoms with Crippen LogP contribution in [0.4, 0.5) is 0 Å². The summed E-state index contributed by atoms with van der Waals surface area (Å²) < 4.78 is 5.14. The minimum absolute atomic E-state index is 0.0646. The van der Waals surface area contributed by atoms with E-state index in [2.05, 4.69) is 0 Å². The van der Waals surface area contributed by atoms with E-state index in [1.165, 1.54) is 11.8 Å². The lowest BCUT2D eigenvalue weighted by Crippen LogP contribution is -2.56. The standard InChI is InChI=1S/C14H17NO4/c1-10-4-3-5-11(6-10)7-15-9-14(2,13(17)18)19-8-12(15)16/h3-6H,7-9H2,1-2H3,(H,17,18). The van der Waals surface area contributed by atoms with Gasteiger partial charge in [-0.25, -0.2) is 4.79 Å². The quantitative estimate of drug-likeness (QED) is 0.889. The fourth-order valence-electron chi connectivity index (χ4n) is 2.11. The van der Waals surface area contributed by atoms with Gasteiger partial charge in [-0.3, -0.25) is 4.79 Å². The van der Waals surface area contributed by atoms with Gasteiger partial charge in [0.05, 0.1) is 6.54 Å². The number of hydrogen-bond acceptors (Lipinski definition) is 3. The Balaban J connectivity index is 2.14. The van der Waals surface area contributed by atoms with E-state index >= 15 is 0 Å². The Hall–Kier alpha value is -1.88. The number of carbonyl (C=O) groups excluding carboxylic acids is 1. The number of carboxylic acid groups (broad SMARTS) is 1. The first-order chi connectivity index (χ1) is 8.90. The summed E-state index contributed by atoms with van der Waals surface area (Å²) >= 11 is 0. The molecule has 1 fully saturated rings. The van der Waals surface area contributed by atoms with Gasteiger partial charge < -0.3 is 14.7 Å². The average Bonchev–Trinajstić information content (AvgIpc) is 2.34.